The second-order valence-electron chi connectivity index (χ2n) is 9.16. The number of pyridine rings is 1. The van der Waals surface area contributed by atoms with Crippen LogP contribution < -0.4 is 5.32 Å². The molecule has 2 aliphatic heterocycles. The van der Waals surface area contributed by atoms with Gasteiger partial charge in [0.15, 0.2) is 0 Å². The predicted molar refractivity (Wildman–Crippen MR) is 128 cm³/mol. The minimum absolute atomic E-state index is 0.0208. The molecule has 2 aromatic rings. The van der Waals surface area contributed by atoms with Crippen LogP contribution in [0.3, 0.4) is 0 Å². The number of nitrogens with one attached hydrogen (secondary N) is 1. The molecule has 9 heteroatoms. The summed E-state index contributed by atoms with van der Waals surface area (Å²) < 4.78 is 19.2. The monoisotopic (exact) mass is 488 g/mol. The summed E-state index contributed by atoms with van der Waals surface area (Å²) in [6.07, 6.45) is 2.15. The van der Waals surface area contributed by atoms with E-state index >= 15 is 0 Å². The first-order valence-electron chi connectivity index (χ1n) is 11.6. The summed E-state index contributed by atoms with van der Waals surface area (Å²) in [5, 5.41) is 3.35. The van der Waals surface area contributed by atoms with Gasteiger partial charge in [-0.3, -0.25) is 19.5 Å². The third kappa shape index (κ3) is 5.40. The van der Waals surface area contributed by atoms with Gasteiger partial charge < -0.3 is 15.0 Å². The van der Waals surface area contributed by atoms with Crippen LogP contribution in [-0.4, -0.2) is 65.5 Å². The molecule has 2 fully saturated rings. The number of carbonyl (C=O) groups excluding carboxylic acids is 2. The fourth-order valence-electron chi connectivity index (χ4n) is 4.56. The van der Waals surface area contributed by atoms with E-state index < -0.39 is 11.7 Å². The Morgan fingerprint density at radius 1 is 1.26 bits per heavy atom. The van der Waals surface area contributed by atoms with Gasteiger partial charge in [0.1, 0.15) is 5.82 Å². The van der Waals surface area contributed by atoms with Crippen molar-refractivity contribution in [1.82, 2.24) is 14.8 Å². The number of aryl methyl sites for hydroxylation is 1. The Morgan fingerprint density at radius 3 is 2.74 bits per heavy atom. The molecule has 3 heterocycles. The number of ether oxygens (including phenoxy) is 1. The van der Waals surface area contributed by atoms with Crippen molar-refractivity contribution in [3.8, 4) is 0 Å². The van der Waals surface area contributed by atoms with Crippen molar-refractivity contribution in [1.29, 1.82) is 0 Å². The first-order valence-corrected chi connectivity index (χ1v) is 11.9. The SMILES string of the molecule is Cc1ncc(C(=O)Nc2cc(Cl)cc(CN3CCN(C(=O)C4CCOC4)C(C)C3)c2C)cc1F. The lowest BCUT2D eigenvalue weighted by Gasteiger charge is -2.41. The second kappa shape index (κ2) is 10.4. The van der Waals surface area contributed by atoms with Crippen molar-refractivity contribution in [2.45, 2.75) is 39.8 Å². The molecule has 2 aliphatic rings. The third-order valence-corrected chi connectivity index (χ3v) is 6.90. The zero-order valence-corrected chi connectivity index (χ0v) is 20.5. The van der Waals surface area contributed by atoms with Crippen LogP contribution in [0, 0.1) is 25.6 Å². The van der Waals surface area contributed by atoms with Crippen LogP contribution in [0.4, 0.5) is 10.1 Å². The number of piperazine rings is 1. The quantitative estimate of drug-likeness (QED) is 0.692. The van der Waals surface area contributed by atoms with Crippen LogP contribution in [-0.2, 0) is 16.1 Å². The molecule has 2 amide bonds. The summed E-state index contributed by atoms with van der Waals surface area (Å²) in [6.45, 7) is 9.56. The molecule has 1 N–H and O–H groups in total. The number of carbonyl (C=O) groups is 2. The minimum atomic E-state index is -0.525. The van der Waals surface area contributed by atoms with Gasteiger partial charge in [-0.2, -0.15) is 0 Å². The van der Waals surface area contributed by atoms with Gasteiger partial charge in [0, 0.05) is 55.7 Å². The van der Waals surface area contributed by atoms with Gasteiger partial charge in [-0.05, 0) is 56.5 Å². The molecule has 2 atom stereocenters. The Morgan fingerprint density at radius 2 is 2.06 bits per heavy atom. The summed E-state index contributed by atoms with van der Waals surface area (Å²) in [5.41, 5.74) is 2.85. The lowest BCUT2D eigenvalue weighted by atomic mass is 10.0. The number of hydrogen-bond acceptors (Lipinski definition) is 5. The van der Waals surface area contributed by atoms with Crippen LogP contribution >= 0.6 is 11.6 Å². The van der Waals surface area contributed by atoms with E-state index in [9.17, 15) is 14.0 Å². The molecule has 0 saturated carbocycles. The maximum absolute atomic E-state index is 13.8. The third-order valence-electron chi connectivity index (χ3n) is 6.68. The van der Waals surface area contributed by atoms with Crippen LogP contribution in [0.15, 0.2) is 24.4 Å². The topological polar surface area (TPSA) is 74.8 Å². The molecule has 34 heavy (non-hydrogen) atoms. The molecular weight excluding hydrogens is 459 g/mol. The van der Waals surface area contributed by atoms with Crippen molar-refractivity contribution in [3.05, 3.63) is 57.6 Å². The molecule has 2 saturated heterocycles. The predicted octanol–water partition coefficient (Wildman–Crippen LogP) is 3.81. The van der Waals surface area contributed by atoms with E-state index in [2.05, 4.69) is 22.1 Å². The number of anilines is 1. The largest absolute Gasteiger partial charge is 0.381 e. The number of rotatable bonds is 5. The first kappa shape index (κ1) is 24.6. The van der Waals surface area contributed by atoms with Gasteiger partial charge in [-0.25, -0.2) is 4.39 Å². The maximum atomic E-state index is 13.8. The van der Waals surface area contributed by atoms with Crippen molar-refractivity contribution in [2.75, 3.05) is 38.2 Å². The van der Waals surface area contributed by atoms with Gasteiger partial charge in [0.2, 0.25) is 5.91 Å². The molecule has 0 aliphatic carbocycles. The molecule has 1 aromatic heterocycles. The van der Waals surface area contributed by atoms with Gasteiger partial charge in [-0.15, -0.1) is 0 Å². The second-order valence-corrected chi connectivity index (χ2v) is 9.60. The number of aromatic nitrogens is 1. The standard InChI is InChI=1S/C25H30ClFN4O3/c1-15-12-30(5-6-31(15)25(33)18-4-7-34-14-18)13-20-8-21(26)10-23(16(20)2)29-24(32)19-9-22(27)17(3)28-11-19/h8-11,15,18H,4-7,12-14H2,1-3H3,(H,29,32). The summed E-state index contributed by atoms with van der Waals surface area (Å²) >= 11 is 6.37. The Kier molecular flexibility index (Phi) is 7.50. The van der Waals surface area contributed by atoms with Crippen molar-refractivity contribution in [3.63, 3.8) is 0 Å². The number of amides is 2. The fraction of sp³-hybridized carbons (Fsp3) is 0.480. The summed E-state index contributed by atoms with van der Waals surface area (Å²) in [4.78, 5) is 33.7. The Labute approximate surface area is 204 Å². The van der Waals surface area contributed by atoms with E-state index in [0.29, 0.717) is 37.0 Å². The van der Waals surface area contributed by atoms with Crippen molar-refractivity contribution >= 4 is 29.1 Å². The highest BCUT2D eigenvalue weighted by Gasteiger charge is 2.33. The van der Waals surface area contributed by atoms with E-state index in [1.54, 1.807) is 13.0 Å². The average molecular weight is 489 g/mol. The number of halogens is 2. The lowest BCUT2D eigenvalue weighted by Crippen LogP contribution is -2.55. The van der Waals surface area contributed by atoms with Gasteiger partial charge in [-0.1, -0.05) is 11.6 Å². The van der Waals surface area contributed by atoms with E-state index in [-0.39, 0.29) is 29.1 Å². The highest BCUT2D eigenvalue weighted by atomic mass is 35.5. The van der Waals surface area contributed by atoms with E-state index in [4.69, 9.17) is 16.3 Å². The number of hydrogen-bond donors (Lipinski definition) is 1. The molecule has 182 valence electrons. The molecule has 0 bridgehead atoms. The van der Waals surface area contributed by atoms with Gasteiger partial charge in [0.05, 0.1) is 23.8 Å². The molecule has 0 spiro atoms. The molecule has 7 nitrogen and oxygen atoms in total. The van der Waals surface area contributed by atoms with Crippen LogP contribution in [0.25, 0.3) is 0 Å². The highest BCUT2D eigenvalue weighted by molar-refractivity contribution is 6.31. The van der Waals surface area contributed by atoms with Crippen LogP contribution in [0.2, 0.25) is 5.02 Å². The van der Waals surface area contributed by atoms with Crippen molar-refractivity contribution < 1.29 is 18.7 Å². The Bertz CT molecular complexity index is 1090. The summed E-state index contributed by atoms with van der Waals surface area (Å²) in [5.74, 6) is -0.800. The zero-order chi connectivity index (χ0) is 24.4. The van der Waals surface area contributed by atoms with E-state index in [1.807, 2.05) is 17.9 Å². The first-order chi connectivity index (χ1) is 16.2. The molecular formula is C25H30ClFN4O3. The Balaban J connectivity index is 1.43. The van der Waals surface area contributed by atoms with Gasteiger partial charge in [0.25, 0.3) is 5.91 Å². The lowest BCUT2D eigenvalue weighted by molar-refractivity contribution is -0.140. The molecule has 2 unspecified atom stereocenters. The van der Waals surface area contributed by atoms with E-state index in [1.165, 1.54) is 12.3 Å². The normalized spacial score (nSPS) is 21.0. The average Bonchev–Trinajstić information content (AvgIpc) is 3.33. The molecule has 0 radical (unpaired) electrons. The van der Waals surface area contributed by atoms with E-state index in [0.717, 1.165) is 30.6 Å². The molecule has 1 aromatic carbocycles. The van der Waals surface area contributed by atoms with Crippen LogP contribution in [0.5, 0.6) is 0 Å². The summed E-state index contributed by atoms with van der Waals surface area (Å²) in [6, 6.07) is 4.87. The minimum Gasteiger partial charge on any atom is -0.381 e. The zero-order valence-electron chi connectivity index (χ0n) is 19.7. The van der Waals surface area contributed by atoms with Gasteiger partial charge >= 0.3 is 0 Å². The maximum Gasteiger partial charge on any atom is 0.257 e. The van der Waals surface area contributed by atoms with Crippen LogP contribution in [0.1, 0.15) is 40.5 Å². The number of nitrogens with zero attached hydrogens (tertiary/aromatic N) is 3. The van der Waals surface area contributed by atoms with Crippen molar-refractivity contribution in [2.24, 2.45) is 5.92 Å². The summed E-state index contributed by atoms with van der Waals surface area (Å²) in [7, 11) is 0. The smallest absolute Gasteiger partial charge is 0.257 e. The number of benzene rings is 1. The fourth-order valence-corrected chi connectivity index (χ4v) is 4.80. The highest BCUT2D eigenvalue weighted by Crippen LogP contribution is 2.28. The molecule has 4 rings (SSSR count). The Hall–Kier alpha value is -2.55.